The van der Waals surface area contributed by atoms with Crippen molar-refractivity contribution in [2.24, 2.45) is 0 Å². The fourth-order valence-corrected chi connectivity index (χ4v) is 1.59. The first-order chi connectivity index (χ1) is 7.41. The molecule has 0 aliphatic rings. The van der Waals surface area contributed by atoms with Crippen molar-refractivity contribution in [3.63, 3.8) is 0 Å². The summed E-state index contributed by atoms with van der Waals surface area (Å²) in [5.41, 5.74) is 19.8. The van der Waals surface area contributed by atoms with E-state index in [1.165, 1.54) is 0 Å². The molecular weight excluding hydrogens is 202 g/mol. The molecule has 1 rings (SSSR count). The molecule has 0 spiro atoms. The zero-order valence-corrected chi connectivity index (χ0v) is 9.54. The van der Waals surface area contributed by atoms with Gasteiger partial charge < -0.3 is 22.3 Å². The molecule has 0 aliphatic carbocycles. The van der Waals surface area contributed by atoms with Crippen LogP contribution in [0.15, 0.2) is 12.7 Å². The Morgan fingerprint density at radius 2 is 1.75 bits per heavy atom. The number of aromatic hydroxyl groups is 1. The Morgan fingerprint density at radius 1 is 1.19 bits per heavy atom. The molecule has 0 radical (unpaired) electrons. The van der Waals surface area contributed by atoms with Gasteiger partial charge in [-0.05, 0) is 19.4 Å². The van der Waals surface area contributed by atoms with Crippen molar-refractivity contribution in [3.8, 4) is 5.75 Å². The van der Waals surface area contributed by atoms with Crippen LogP contribution in [0.1, 0.15) is 25.0 Å². The average molecular weight is 219 g/mol. The van der Waals surface area contributed by atoms with Gasteiger partial charge in [-0.15, -0.1) is 0 Å². The summed E-state index contributed by atoms with van der Waals surface area (Å²) >= 11 is 0. The van der Waals surface area contributed by atoms with E-state index < -0.39 is 0 Å². The summed E-state index contributed by atoms with van der Waals surface area (Å²) in [6, 6.07) is 0. The fraction of sp³-hybridized carbons (Fsp3) is 0.167. The summed E-state index contributed by atoms with van der Waals surface area (Å²) in [6.07, 6.45) is 3.59. The minimum absolute atomic E-state index is 0.0627. The number of benzene rings is 1. The fourth-order valence-electron chi connectivity index (χ4n) is 1.59. The first-order valence-electron chi connectivity index (χ1n) is 4.89. The van der Waals surface area contributed by atoms with E-state index in [1.54, 1.807) is 13.0 Å². The second-order valence-electron chi connectivity index (χ2n) is 3.66. The van der Waals surface area contributed by atoms with Crippen molar-refractivity contribution >= 4 is 28.7 Å². The van der Waals surface area contributed by atoms with Crippen LogP contribution < -0.4 is 17.2 Å². The third-order valence-electron chi connectivity index (χ3n) is 2.39. The van der Waals surface area contributed by atoms with Gasteiger partial charge in [-0.3, -0.25) is 0 Å². The van der Waals surface area contributed by atoms with Crippen molar-refractivity contribution in [2.45, 2.75) is 13.8 Å². The van der Waals surface area contributed by atoms with Crippen LogP contribution in [0.4, 0.5) is 17.1 Å². The molecule has 0 saturated heterocycles. The van der Waals surface area contributed by atoms with Gasteiger partial charge in [0.15, 0.2) is 0 Å². The van der Waals surface area contributed by atoms with E-state index in [0.29, 0.717) is 22.4 Å². The number of phenols is 1. The smallest absolute Gasteiger partial charge is 0.148 e. The molecule has 16 heavy (non-hydrogen) atoms. The molecule has 0 fully saturated rings. The zero-order valence-electron chi connectivity index (χ0n) is 9.54. The molecule has 1 aromatic rings. The van der Waals surface area contributed by atoms with E-state index in [9.17, 15) is 5.11 Å². The van der Waals surface area contributed by atoms with Crippen molar-refractivity contribution in [2.75, 3.05) is 17.2 Å². The van der Waals surface area contributed by atoms with Crippen LogP contribution in [0.5, 0.6) is 5.75 Å². The molecule has 7 N–H and O–H groups in total. The van der Waals surface area contributed by atoms with E-state index in [1.807, 2.05) is 13.0 Å². The van der Waals surface area contributed by atoms with E-state index >= 15 is 0 Å². The highest BCUT2D eigenvalue weighted by Gasteiger charge is 2.17. The van der Waals surface area contributed by atoms with Crippen molar-refractivity contribution in [1.29, 1.82) is 0 Å². The predicted octanol–water partition coefficient (Wildman–Crippen LogP) is 2.21. The lowest BCUT2D eigenvalue weighted by Crippen LogP contribution is -2.05. The minimum atomic E-state index is -0.0627. The van der Waals surface area contributed by atoms with Gasteiger partial charge in [0.1, 0.15) is 11.4 Å². The highest BCUT2D eigenvalue weighted by molar-refractivity contribution is 5.95. The summed E-state index contributed by atoms with van der Waals surface area (Å²) in [6.45, 7) is 7.42. The molecule has 0 aliphatic heterocycles. The summed E-state index contributed by atoms with van der Waals surface area (Å²) < 4.78 is 0. The Labute approximate surface area is 95.1 Å². The van der Waals surface area contributed by atoms with Gasteiger partial charge in [0, 0.05) is 11.1 Å². The Morgan fingerprint density at radius 3 is 2.19 bits per heavy atom. The van der Waals surface area contributed by atoms with Crippen molar-refractivity contribution in [1.82, 2.24) is 0 Å². The number of allylic oxidation sites excluding steroid dienone is 2. The number of anilines is 3. The van der Waals surface area contributed by atoms with Gasteiger partial charge in [-0.2, -0.15) is 0 Å². The van der Waals surface area contributed by atoms with Crippen LogP contribution in [0.3, 0.4) is 0 Å². The second-order valence-corrected chi connectivity index (χ2v) is 3.66. The molecule has 0 atom stereocenters. The van der Waals surface area contributed by atoms with Gasteiger partial charge in [-0.1, -0.05) is 18.7 Å². The van der Waals surface area contributed by atoms with E-state index in [4.69, 9.17) is 17.2 Å². The van der Waals surface area contributed by atoms with Gasteiger partial charge in [0.25, 0.3) is 0 Å². The molecule has 1 aromatic carbocycles. The Bertz CT molecular complexity index is 476. The first kappa shape index (κ1) is 12.0. The Balaban J connectivity index is 3.75. The molecule has 0 aromatic heterocycles. The lowest BCUT2D eigenvalue weighted by molar-refractivity contribution is 0.476. The lowest BCUT2D eigenvalue weighted by Gasteiger charge is -2.16. The summed E-state index contributed by atoms with van der Waals surface area (Å²) in [4.78, 5) is 0. The van der Waals surface area contributed by atoms with Crippen LogP contribution in [0, 0.1) is 0 Å². The predicted molar refractivity (Wildman–Crippen MR) is 70.8 cm³/mol. The monoisotopic (exact) mass is 219 g/mol. The van der Waals surface area contributed by atoms with Crippen LogP contribution >= 0.6 is 0 Å². The maximum absolute atomic E-state index is 9.93. The van der Waals surface area contributed by atoms with Crippen molar-refractivity contribution < 1.29 is 5.11 Å². The number of hydrogen-bond acceptors (Lipinski definition) is 4. The van der Waals surface area contributed by atoms with Crippen LogP contribution in [0.2, 0.25) is 0 Å². The molecule has 0 bridgehead atoms. The average Bonchev–Trinajstić information content (AvgIpc) is 2.23. The zero-order chi connectivity index (χ0) is 12.5. The van der Waals surface area contributed by atoms with Gasteiger partial charge in [0.05, 0.1) is 11.4 Å². The SMILES string of the molecule is C=C(C)c1c(O)c(N)c(N)c(N)c1/C=C/C. The topological polar surface area (TPSA) is 98.3 Å². The third kappa shape index (κ3) is 1.69. The van der Waals surface area contributed by atoms with Gasteiger partial charge in [0.2, 0.25) is 0 Å². The van der Waals surface area contributed by atoms with Crippen LogP contribution in [0.25, 0.3) is 11.6 Å². The highest BCUT2D eigenvalue weighted by Crippen LogP contribution is 2.42. The van der Waals surface area contributed by atoms with Crippen LogP contribution in [-0.2, 0) is 0 Å². The van der Waals surface area contributed by atoms with E-state index in [0.717, 1.165) is 0 Å². The number of rotatable bonds is 2. The Hall–Kier alpha value is -2.10. The quantitative estimate of drug-likeness (QED) is 0.348. The molecule has 4 heteroatoms. The molecule has 0 saturated carbocycles. The lowest BCUT2D eigenvalue weighted by atomic mass is 9.96. The molecule has 0 heterocycles. The number of nitrogen functional groups attached to an aromatic ring is 3. The standard InChI is InChI=1S/C12H17N3O/c1-4-5-7-8(6(2)3)12(16)11(15)10(14)9(7)13/h4-5,16H,2,13-15H2,1,3H3/b5-4+. The van der Waals surface area contributed by atoms with Gasteiger partial charge >= 0.3 is 0 Å². The molecule has 0 amide bonds. The highest BCUT2D eigenvalue weighted by atomic mass is 16.3. The number of phenolic OH excluding ortho intramolecular Hbond substituents is 1. The van der Waals surface area contributed by atoms with Gasteiger partial charge in [-0.25, -0.2) is 0 Å². The Kier molecular flexibility index (Phi) is 3.13. The summed E-state index contributed by atoms with van der Waals surface area (Å²) in [5.74, 6) is -0.0627. The summed E-state index contributed by atoms with van der Waals surface area (Å²) in [7, 11) is 0. The first-order valence-corrected chi connectivity index (χ1v) is 4.89. The summed E-state index contributed by atoms with van der Waals surface area (Å²) in [5, 5.41) is 9.93. The largest absolute Gasteiger partial charge is 0.505 e. The van der Waals surface area contributed by atoms with E-state index in [-0.39, 0.29) is 17.1 Å². The number of hydrogen-bond donors (Lipinski definition) is 4. The molecule has 4 nitrogen and oxygen atoms in total. The maximum atomic E-state index is 9.93. The molecular formula is C12H17N3O. The second kappa shape index (κ2) is 4.18. The van der Waals surface area contributed by atoms with E-state index in [2.05, 4.69) is 6.58 Å². The minimum Gasteiger partial charge on any atom is -0.505 e. The number of nitrogens with two attached hydrogens (primary N) is 3. The molecule has 86 valence electrons. The third-order valence-corrected chi connectivity index (χ3v) is 2.39. The normalized spacial score (nSPS) is 10.9. The maximum Gasteiger partial charge on any atom is 0.148 e. The molecule has 0 unspecified atom stereocenters. The van der Waals surface area contributed by atoms with Crippen LogP contribution in [-0.4, -0.2) is 5.11 Å². The van der Waals surface area contributed by atoms with Crippen molar-refractivity contribution in [3.05, 3.63) is 23.8 Å².